The number of nitrogens with one attached hydrogen (secondary N) is 2. The van der Waals surface area contributed by atoms with E-state index >= 15 is 0 Å². The molecule has 67 heavy (non-hydrogen) atoms. The Morgan fingerprint density at radius 2 is 1.90 bits per heavy atom. The van der Waals surface area contributed by atoms with Crippen LogP contribution in [0.2, 0.25) is 0 Å². The number of esters is 1. The van der Waals surface area contributed by atoms with Crippen LogP contribution in [0.5, 0.6) is 0 Å². The number of likely N-dealkylation sites (tertiary alicyclic amines) is 1. The molecule has 0 radical (unpaired) electrons. The van der Waals surface area contributed by atoms with Crippen molar-refractivity contribution in [1.29, 1.82) is 0 Å². The third-order valence-corrected chi connectivity index (χ3v) is 14.3. The van der Waals surface area contributed by atoms with Gasteiger partial charge in [-0.05, 0) is 55.7 Å². The molecule has 4 aliphatic rings. The minimum absolute atomic E-state index is 0.0294. The van der Waals surface area contributed by atoms with Gasteiger partial charge in [-0.1, -0.05) is 34.3 Å². The normalized spacial score (nSPS) is 22.2. The molecular weight excluding hydrogens is 894 g/mol. The van der Waals surface area contributed by atoms with Crippen molar-refractivity contribution in [1.82, 2.24) is 44.9 Å². The monoisotopic (exact) mass is 956 g/mol. The maximum absolute atomic E-state index is 14.7. The topological polar surface area (TPSA) is 176 Å². The highest BCUT2D eigenvalue weighted by Gasteiger charge is 2.42. The average molecular weight is 957 g/mol. The van der Waals surface area contributed by atoms with E-state index in [1.54, 1.807) is 29.9 Å². The summed E-state index contributed by atoms with van der Waals surface area (Å²) in [7, 11) is 4.83. The van der Waals surface area contributed by atoms with Gasteiger partial charge in [0.25, 0.3) is 5.91 Å². The van der Waals surface area contributed by atoms with Gasteiger partial charge in [-0.15, -0.1) is 11.3 Å². The van der Waals surface area contributed by atoms with Crippen LogP contribution in [0.4, 0.5) is 19.0 Å². The van der Waals surface area contributed by atoms with Gasteiger partial charge in [0.05, 0.1) is 41.2 Å². The zero-order valence-corrected chi connectivity index (χ0v) is 40.4. The zero-order chi connectivity index (χ0) is 48.7. The van der Waals surface area contributed by atoms with Crippen molar-refractivity contribution in [3.05, 3.63) is 51.8 Å². The van der Waals surface area contributed by atoms with Gasteiger partial charge in [0.1, 0.15) is 30.5 Å². The molecule has 0 saturated carbocycles. The number of aromatic nitrogens is 4. The standard InChI is InChI=1S/C46H63F3N10O7S/c1-10-37(60)57-16-13-28(21-57)42(62)54(7)38(26(2)3)41(61)51-33-18-36-52-35(23-67-36)56-17-14-34-31(22-56)29(19-45(5,6)25-66-44(64)32-12-11-15-59(53-32)43(33)63)40(58(34)24-46(47,48)49)30-20-50-55(8)39(30)27(4)65-9/h10,20,23,26-28,32-33,38,53H,1,11-19,21-22,24-25H2,2-9H3,(H,51,61)/t27-,28-,32-,33-,38?/m0/s1. The molecule has 17 nitrogen and oxygen atoms in total. The van der Waals surface area contributed by atoms with Gasteiger partial charge in [-0.2, -0.15) is 18.3 Å². The van der Waals surface area contributed by atoms with Crippen LogP contribution in [0.1, 0.15) is 87.5 Å². The van der Waals surface area contributed by atoms with Crippen molar-refractivity contribution >= 4 is 46.8 Å². The van der Waals surface area contributed by atoms with Gasteiger partial charge in [0, 0.05) is 88.8 Å². The number of ether oxygens (including phenoxy) is 2. The van der Waals surface area contributed by atoms with E-state index in [4.69, 9.17) is 14.5 Å². The minimum Gasteiger partial charge on any atom is -0.464 e. The fourth-order valence-corrected chi connectivity index (χ4v) is 10.9. The Morgan fingerprint density at radius 3 is 2.58 bits per heavy atom. The first kappa shape index (κ1) is 49.6. The van der Waals surface area contributed by atoms with Crippen molar-refractivity contribution in [3.8, 4) is 11.3 Å². The molecule has 2 N–H and O–H groups in total. The van der Waals surface area contributed by atoms with Gasteiger partial charge in [-0.25, -0.2) is 10.4 Å². The van der Waals surface area contributed by atoms with E-state index in [9.17, 15) is 37.1 Å². The summed E-state index contributed by atoms with van der Waals surface area (Å²) in [5, 5.41) is 11.1. The summed E-state index contributed by atoms with van der Waals surface area (Å²) in [5.41, 5.74) is 5.77. The van der Waals surface area contributed by atoms with E-state index in [1.165, 1.54) is 39.0 Å². The second kappa shape index (κ2) is 19.7. The van der Waals surface area contributed by atoms with Crippen molar-refractivity contribution < 1.29 is 46.6 Å². The number of hydrogen-bond donors (Lipinski definition) is 2. The third-order valence-electron chi connectivity index (χ3n) is 13.4. The molecule has 3 aromatic rings. The third kappa shape index (κ3) is 10.6. The molecule has 5 atom stereocenters. The molecule has 2 fully saturated rings. The molecule has 2 saturated heterocycles. The number of anilines is 1. The van der Waals surface area contributed by atoms with Crippen LogP contribution in [0, 0.1) is 17.3 Å². The van der Waals surface area contributed by atoms with Crippen molar-refractivity contribution in [3.63, 3.8) is 0 Å². The largest absolute Gasteiger partial charge is 0.464 e. The lowest BCUT2D eigenvalue weighted by molar-refractivity contribution is -0.155. The number of fused-ring (bicyclic) bond motifs is 6. The quantitative estimate of drug-likeness (QED) is 0.219. The van der Waals surface area contributed by atoms with Crippen LogP contribution in [0.15, 0.2) is 24.2 Å². The minimum atomic E-state index is -4.55. The Morgan fingerprint density at radius 1 is 1.15 bits per heavy atom. The Labute approximate surface area is 392 Å². The highest BCUT2D eigenvalue weighted by molar-refractivity contribution is 7.10. The molecule has 4 amide bonds. The average Bonchev–Trinajstić information content (AvgIpc) is 4.10. The van der Waals surface area contributed by atoms with E-state index < -0.39 is 66.1 Å². The molecule has 0 spiro atoms. The van der Waals surface area contributed by atoms with Crippen molar-refractivity contribution in [2.24, 2.45) is 24.3 Å². The highest BCUT2D eigenvalue weighted by atomic mass is 32.1. The molecule has 0 aliphatic carbocycles. The van der Waals surface area contributed by atoms with Gasteiger partial charge in [0.2, 0.25) is 17.7 Å². The lowest BCUT2D eigenvalue weighted by atomic mass is 9.83. The fraction of sp³-hybridized carbons (Fsp3) is 0.630. The molecule has 7 heterocycles. The fourth-order valence-electron chi connectivity index (χ4n) is 10.0. The number of thiazole rings is 1. The van der Waals surface area contributed by atoms with Crippen molar-refractivity contribution in [2.45, 2.75) is 117 Å². The number of aryl methyl sites for hydroxylation is 1. The van der Waals surface area contributed by atoms with Crippen LogP contribution in [-0.2, 0) is 72.8 Å². The lowest BCUT2D eigenvalue weighted by Crippen LogP contribution is -2.62. The van der Waals surface area contributed by atoms with Crippen LogP contribution < -0.4 is 15.6 Å². The predicted octanol–water partition coefficient (Wildman–Crippen LogP) is 4.34. The molecule has 7 rings (SSSR count). The number of halogens is 3. The summed E-state index contributed by atoms with van der Waals surface area (Å²) in [5.74, 6) is -2.52. The summed E-state index contributed by atoms with van der Waals surface area (Å²) in [6.45, 7) is 12.9. The molecule has 366 valence electrons. The number of hydrazine groups is 1. The summed E-state index contributed by atoms with van der Waals surface area (Å²) in [6.07, 6.45) is -0.513. The Bertz CT molecular complexity index is 2380. The predicted molar refractivity (Wildman–Crippen MR) is 243 cm³/mol. The molecular formula is C46H63F3N10O7S. The Kier molecular flexibility index (Phi) is 14.6. The van der Waals surface area contributed by atoms with E-state index in [0.717, 1.165) is 5.56 Å². The van der Waals surface area contributed by atoms with Gasteiger partial charge >= 0.3 is 12.1 Å². The second-order valence-electron chi connectivity index (χ2n) is 19.3. The molecule has 1 unspecified atom stereocenters. The van der Waals surface area contributed by atoms with Gasteiger partial charge < -0.3 is 34.1 Å². The second-order valence-corrected chi connectivity index (χ2v) is 20.3. The molecule has 6 bridgehead atoms. The smallest absolute Gasteiger partial charge is 0.406 e. The Hall–Kier alpha value is -5.28. The first-order valence-electron chi connectivity index (χ1n) is 22.9. The van der Waals surface area contributed by atoms with Crippen molar-refractivity contribution in [2.75, 3.05) is 51.8 Å². The number of cyclic esters (lactones) is 1. The zero-order valence-electron chi connectivity index (χ0n) is 39.6. The number of rotatable bonds is 10. The van der Waals surface area contributed by atoms with Crippen LogP contribution in [0.25, 0.3) is 11.3 Å². The number of hydrogen-bond acceptors (Lipinski definition) is 12. The number of carbonyl (C=O) groups excluding carboxylic acids is 5. The van der Waals surface area contributed by atoms with Gasteiger partial charge in [-0.3, -0.25) is 33.7 Å². The molecule has 4 aliphatic heterocycles. The molecule has 0 aromatic carbocycles. The van der Waals surface area contributed by atoms with E-state index in [-0.39, 0.29) is 63.2 Å². The van der Waals surface area contributed by atoms with Gasteiger partial charge in [0.15, 0.2) is 0 Å². The van der Waals surface area contributed by atoms with Crippen LogP contribution in [0.3, 0.4) is 0 Å². The number of nitrogens with zero attached hydrogens (tertiary/aromatic N) is 8. The number of amides is 4. The van der Waals surface area contributed by atoms with E-state index in [2.05, 4.69) is 22.4 Å². The summed E-state index contributed by atoms with van der Waals surface area (Å²) in [6, 6.07) is -3.05. The van der Waals surface area contributed by atoms with Crippen LogP contribution in [-0.4, -0.2) is 135 Å². The number of methoxy groups -OCH3 is 1. The number of carbonyl (C=O) groups is 5. The van der Waals surface area contributed by atoms with E-state index in [1.807, 2.05) is 44.9 Å². The lowest BCUT2D eigenvalue weighted by Gasteiger charge is -2.37. The summed E-state index contributed by atoms with van der Waals surface area (Å²) >= 11 is 1.29. The molecule has 21 heteroatoms. The van der Waals surface area contributed by atoms with E-state index in [0.29, 0.717) is 71.4 Å². The maximum Gasteiger partial charge on any atom is 0.406 e. The summed E-state index contributed by atoms with van der Waals surface area (Å²) in [4.78, 5) is 78.9. The first-order chi connectivity index (χ1) is 31.6. The Balaban J connectivity index is 1.26. The maximum atomic E-state index is 14.7. The first-order valence-corrected chi connectivity index (χ1v) is 23.8. The van der Waals surface area contributed by atoms with Crippen LogP contribution >= 0.6 is 11.3 Å². The summed E-state index contributed by atoms with van der Waals surface area (Å²) < 4.78 is 58.7. The molecule has 3 aromatic heterocycles. The number of likely N-dealkylation sites (N-methyl/N-ethyl adjacent to an activating group) is 1. The highest BCUT2D eigenvalue weighted by Crippen LogP contribution is 2.43. The SMILES string of the molecule is C=CC(=O)N1CC[C@H](C(=O)N(C)C(C(=O)N[C@H]2Cc3nc(cs3)N3CCc4c(c(c(-c5cnn(C)c5[C@H](C)OC)n4CC(F)(F)F)CC(C)(C)COC(=O)[C@@H]4CCCN(N4)C2=O)C3)C(C)C)C1. The number of alkyl halides is 3.